The Bertz CT molecular complexity index is 279. The van der Waals surface area contributed by atoms with E-state index in [1.807, 2.05) is 0 Å². The molecule has 6 heteroatoms. The third-order valence-corrected chi connectivity index (χ3v) is 3.31. The summed E-state index contributed by atoms with van der Waals surface area (Å²) in [5, 5.41) is 26.5. The molecular weight excluding hydrogens is 219 g/mol. The third kappa shape index (κ3) is 4.02. The fourth-order valence-corrected chi connectivity index (χ4v) is 2.30. The fourth-order valence-electron chi connectivity index (χ4n) is 2.30. The maximum absolute atomic E-state index is 12.1. The zero-order valence-electron chi connectivity index (χ0n) is 10.0. The Morgan fingerprint density at radius 1 is 1.29 bits per heavy atom. The number of carbonyl (C=O) groups is 1. The van der Waals surface area contributed by atoms with Crippen molar-refractivity contribution in [2.45, 2.75) is 25.5 Å². The molecule has 0 aromatic heterocycles. The molecule has 1 rings (SSSR count). The summed E-state index contributed by atoms with van der Waals surface area (Å²) in [7, 11) is 0. The van der Waals surface area contributed by atoms with Gasteiger partial charge in [0.15, 0.2) is 0 Å². The number of nitriles is 1. The van der Waals surface area contributed by atoms with Crippen LogP contribution in [0.5, 0.6) is 0 Å². The van der Waals surface area contributed by atoms with Gasteiger partial charge in [-0.3, -0.25) is 4.79 Å². The summed E-state index contributed by atoms with van der Waals surface area (Å²) in [6.45, 7) is 0.469. The number of aliphatic hydroxyl groups is 2. The summed E-state index contributed by atoms with van der Waals surface area (Å²) < 4.78 is 0. The molecule has 0 radical (unpaired) electrons. The van der Waals surface area contributed by atoms with Gasteiger partial charge in [-0.2, -0.15) is 0 Å². The van der Waals surface area contributed by atoms with E-state index in [9.17, 15) is 4.79 Å². The molecule has 0 aliphatic carbocycles. The maximum atomic E-state index is 12.1. The number of aliphatic hydroxyl groups excluding tert-OH is 2. The van der Waals surface area contributed by atoms with Crippen LogP contribution in [-0.2, 0) is 4.79 Å². The first-order valence-electron chi connectivity index (χ1n) is 6.13. The molecule has 94 valence electrons. The molecule has 1 fully saturated rings. The Hall–Kier alpha value is -1.06. The highest BCUT2D eigenvalue weighted by Gasteiger charge is 2.30. The summed E-state index contributed by atoms with van der Waals surface area (Å²) in [5.41, 5.74) is 0. The molecule has 0 saturated carbocycles. The van der Waals surface area contributed by atoms with E-state index in [0.29, 0.717) is 0 Å². The van der Waals surface area contributed by atoms with Gasteiger partial charge in [0.1, 0.15) is 0 Å². The molecule has 0 bridgehead atoms. The van der Waals surface area contributed by atoms with E-state index in [1.165, 1.54) is 4.90 Å². The van der Waals surface area contributed by atoms with Gasteiger partial charge in [-0.05, 0) is 12.8 Å². The van der Waals surface area contributed by atoms with Crippen LogP contribution < -0.4 is 0 Å². The van der Waals surface area contributed by atoms with Crippen molar-refractivity contribution in [2.75, 3.05) is 26.3 Å². The molecule has 0 unspecified atom stereocenters. The largest absolute Gasteiger partial charge is 0.395 e. The van der Waals surface area contributed by atoms with Crippen LogP contribution in [0.1, 0.15) is 12.8 Å². The Balaban J connectivity index is 2.48. The monoisotopic (exact) mass is 238 g/mol. The van der Waals surface area contributed by atoms with Crippen LogP contribution in [-0.4, -0.2) is 54.0 Å². The van der Waals surface area contributed by atoms with Crippen LogP contribution in [0.25, 0.3) is 0 Å². The standard InChI is InChI=1S/C11H19BN2O3/c13-9-12-3-1-10(2-4-12)11(17)14(5-7-15)6-8-16/h10,15-16H,1-8H2. The summed E-state index contributed by atoms with van der Waals surface area (Å²) in [5.74, 6) is 2.20. The average molecular weight is 238 g/mol. The van der Waals surface area contributed by atoms with Crippen LogP contribution in [0.2, 0.25) is 12.6 Å². The molecule has 1 saturated heterocycles. The lowest BCUT2D eigenvalue weighted by Crippen LogP contribution is -2.41. The second-order valence-corrected chi connectivity index (χ2v) is 4.45. The second-order valence-electron chi connectivity index (χ2n) is 4.45. The average Bonchev–Trinajstić information content (AvgIpc) is 2.38. The highest BCUT2D eigenvalue weighted by molar-refractivity contribution is 6.67. The number of rotatable bonds is 5. The highest BCUT2D eigenvalue weighted by Crippen LogP contribution is 2.26. The van der Waals surface area contributed by atoms with E-state index in [1.54, 1.807) is 0 Å². The highest BCUT2D eigenvalue weighted by atomic mass is 16.3. The lowest BCUT2D eigenvalue weighted by Gasteiger charge is -2.29. The van der Waals surface area contributed by atoms with Gasteiger partial charge in [0.2, 0.25) is 5.91 Å². The first-order valence-corrected chi connectivity index (χ1v) is 6.13. The summed E-state index contributed by atoms with van der Waals surface area (Å²) in [6, 6.07) is 0. The van der Waals surface area contributed by atoms with Crippen molar-refractivity contribution in [1.82, 2.24) is 4.90 Å². The Kier molecular flexibility index (Phi) is 6.02. The van der Waals surface area contributed by atoms with Gasteiger partial charge < -0.3 is 15.1 Å². The number of hydrogen-bond acceptors (Lipinski definition) is 4. The van der Waals surface area contributed by atoms with Gasteiger partial charge >= 0.3 is 0 Å². The molecule has 0 aromatic rings. The quantitative estimate of drug-likeness (QED) is 0.648. The molecule has 1 aliphatic heterocycles. The van der Waals surface area contributed by atoms with E-state index in [2.05, 4.69) is 5.97 Å². The molecule has 1 amide bonds. The molecule has 17 heavy (non-hydrogen) atoms. The molecule has 1 aliphatic rings. The van der Waals surface area contributed by atoms with E-state index >= 15 is 0 Å². The van der Waals surface area contributed by atoms with Gasteiger partial charge in [-0.1, -0.05) is 12.6 Å². The van der Waals surface area contributed by atoms with Crippen molar-refractivity contribution >= 4 is 12.6 Å². The Morgan fingerprint density at radius 3 is 2.24 bits per heavy atom. The van der Waals surface area contributed by atoms with E-state index in [-0.39, 0.29) is 44.8 Å². The minimum absolute atomic E-state index is 0.00416. The van der Waals surface area contributed by atoms with Crippen molar-refractivity contribution in [3.8, 4) is 5.97 Å². The number of carbonyl (C=O) groups excluding carboxylic acids is 1. The molecular formula is C11H19BN2O3. The van der Waals surface area contributed by atoms with Crippen molar-refractivity contribution in [2.24, 2.45) is 5.92 Å². The third-order valence-electron chi connectivity index (χ3n) is 3.31. The SMILES string of the molecule is N#CB1CCC(C(=O)N(CCO)CCO)CC1. The zero-order chi connectivity index (χ0) is 12.7. The first-order chi connectivity index (χ1) is 8.22. The van der Waals surface area contributed by atoms with E-state index in [4.69, 9.17) is 15.5 Å². The smallest absolute Gasteiger partial charge is 0.267 e. The van der Waals surface area contributed by atoms with Crippen molar-refractivity contribution in [3.63, 3.8) is 0 Å². The van der Waals surface area contributed by atoms with Crippen LogP contribution >= 0.6 is 0 Å². The van der Waals surface area contributed by atoms with Gasteiger partial charge in [0, 0.05) is 25.0 Å². The molecule has 2 N–H and O–H groups in total. The minimum atomic E-state index is -0.0840. The predicted molar refractivity (Wildman–Crippen MR) is 64.5 cm³/mol. The van der Waals surface area contributed by atoms with Crippen molar-refractivity contribution in [1.29, 1.82) is 5.26 Å². The van der Waals surface area contributed by atoms with Gasteiger partial charge in [-0.25, -0.2) is 5.26 Å². The second kappa shape index (κ2) is 7.31. The number of nitrogens with zero attached hydrogens (tertiary/aromatic N) is 2. The predicted octanol–water partition coefficient (Wildman–Crippen LogP) is -0.233. The number of amides is 1. The van der Waals surface area contributed by atoms with Gasteiger partial charge in [0.05, 0.1) is 13.2 Å². The topological polar surface area (TPSA) is 84.6 Å². The Morgan fingerprint density at radius 2 is 1.82 bits per heavy atom. The van der Waals surface area contributed by atoms with Gasteiger partial charge in [0.25, 0.3) is 6.71 Å². The normalized spacial score (nSPS) is 16.6. The molecule has 0 aromatic carbocycles. The fraction of sp³-hybridized carbons (Fsp3) is 0.818. The molecule has 0 atom stereocenters. The van der Waals surface area contributed by atoms with Crippen LogP contribution in [0, 0.1) is 17.1 Å². The minimum Gasteiger partial charge on any atom is -0.395 e. The summed E-state index contributed by atoms with van der Waals surface area (Å²) >= 11 is 0. The molecule has 1 heterocycles. The first kappa shape index (κ1) is 14.0. The zero-order valence-corrected chi connectivity index (χ0v) is 10.0. The van der Waals surface area contributed by atoms with Crippen LogP contribution in [0.3, 0.4) is 0 Å². The number of hydrogen-bond donors (Lipinski definition) is 2. The van der Waals surface area contributed by atoms with Gasteiger partial charge in [-0.15, -0.1) is 0 Å². The molecule has 5 nitrogen and oxygen atoms in total. The van der Waals surface area contributed by atoms with Crippen molar-refractivity contribution < 1.29 is 15.0 Å². The van der Waals surface area contributed by atoms with Crippen LogP contribution in [0.4, 0.5) is 0 Å². The summed E-state index contributed by atoms with van der Waals surface area (Å²) in [4.78, 5) is 13.6. The lowest BCUT2D eigenvalue weighted by atomic mass is 9.42. The maximum Gasteiger partial charge on any atom is 0.267 e. The van der Waals surface area contributed by atoms with Crippen molar-refractivity contribution in [3.05, 3.63) is 0 Å². The Labute approximate surface area is 102 Å². The summed E-state index contributed by atoms with van der Waals surface area (Å²) in [6.07, 6.45) is 3.03. The molecule has 0 spiro atoms. The lowest BCUT2D eigenvalue weighted by molar-refractivity contribution is -0.136. The van der Waals surface area contributed by atoms with Crippen LogP contribution in [0.15, 0.2) is 0 Å². The van der Waals surface area contributed by atoms with E-state index in [0.717, 1.165) is 25.5 Å². The van der Waals surface area contributed by atoms with E-state index < -0.39 is 0 Å².